The van der Waals surface area contributed by atoms with E-state index in [0.717, 1.165) is 16.0 Å². The van der Waals surface area contributed by atoms with Gasteiger partial charge in [0.2, 0.25) is 10.0 Å². The lowest BCUT2D eigenvalue weighted by atomic mass is 9.92. The van der Waals surface area contributed by atoms with E-state index in [1.165, 1.54) is 16.1 Å². The second kappa shape index (κ2) is 10.3. The molecule has 1 aliphatic heterocycles. The van der Waals surface area contributed by atoms with Crippen LogP contribution in [-0.2, 0) is 14.8 Å². The molecule has 0 unspecified atom stereocenters. The van der Waals surface area contributed by atoms with Crippen LogP contribution in [0.1, 0.15) is 36.1 Å². The summed E-state index contributed by atoms with van der Waals surface area (Å²) in [4.78, 5) is 13.8. The smallest absolute Gasteiger partial charge is 0.309 e. The molecule has 184 valence electrons. The molecule has 8 heteroatoms. The van der Waals surface area contributed by atoms with Crippen LogP contribution in [0, 0.1) is 19.8 Å². The fourth-order valence-corrected chi connectivity index (χ4v) is 8.33. The molecule has 1 heterocycles. The quantitative estimate of drug-likeness (QED) is 0.386. The second-order valence-corrected chi connectivity index (χ2v) is 12.4. The molecule has 1 saturated heterocycles. The number of hydrogen-bond acceptors (Lipinski definition) is 4. The Morgan fingerprint density at radius 3 is 2.00 bits per heavy atom. The fraction of sp³-hybridized carbons (Fsp3) is 0.296. The number of hydrogen-bond donors (Lipinski definition) is 1. The van der Waals surface area contributed by atoms with E-state index >= 15 is 0 Å². The van der Waals surface area contributed by atoms with Crippen LogP contribution in [0.2, 0.25) is 5.02 Å². The van der Waals surface area contributed by atoms with Gasteiger partial charge in [-0.15, -0.1) is 11.8 Å². The average Bonchev–Trinajstić information content (AvgIpc) is 3.16. The summed E-state index contributed by atoms with van der Waals surface area (Å²) in [5, 5.41) is 10.5. The van der Waals surface area contributed by atoms with Gasteiger partial charge in [0.15, 0.2) is 0 Å². The van der Waals surface area contributed by atoms with Gasteiger partial charge < -0.3 is 5.11 Å². The number of rotatable bonds is 7. The Morgan fingerprint density at radius 1 is 0.943 bits per heavy atom. The van der Waals surface area contributed by atoms with Gasteiger partial charge in [0.1, 0.15) is 0 Å². The summed E-state index contributed by atoms with van der Waals surface area (Å²) in [5.74, 6) is -1.95. The highest BCUT2D eigenvalue weighted by molar-refractivity contribution is 8.00. The second-order valence-electron chi connectivity index (χ2n) is 8.88. The van der Waals surface area contributed by atoms with Crippen LogP contribution in [0.25, 0.3) is 0 Å². The molecule has 0 aromatic heterocycles. The maximum absolute atomic E-state index is 14.1. The molecule has 3 aromatic carbocycles. The highest BCUT2D eigenvalue weighted by atomic mass is 35.5. The van der Waals surface area contributed by atoms with Crippen LogP contribution in [0.15, 0.2) is 82.6 Å². The third-order valence-corrected chi connectivity index (χ3v) is 10.1. The number of carbonyl (C=O) groups is 1. The number of benzene rings is 3. The van der Waals surface area contributed by atoms with Crippen molar-refractivity contribution in [1.82, 2.24) is 4.31 Å². The average molecular weight is 530 g/mol. The number of aryl methyl sites for hydroxylation is 2. The fourth-order valence-electron chi connectivity index (χ4n) is 4.72. The number of aliphatic carboxylic acids is 1. The van der Waals surface area contributed by atoms with Crippen LogP contribution in [-0.4, -0.2) is 35.1 Å². The standard InChI is InChI=1S/C27H28ClNO4S2/c1-4-23-26(34-21-13-11-20(28)12-14-21)24(27(30)31)25(19-9-5-17(2)6-10-19)29(23)35(32,33)22-15-7-18(3)8-16-22/h5-16,23-26H,4H2,1-3H3,(H,30,31)/t23-,24+,25+,26-/m1/s1. The third-order valence-electron chi connectivity index (χ3n) is 6.48. The highest BCUT2D eigenvalue weighted by Gasteiger charge is 2.56. The summed E-state index contributed by atoms with van der Waals surface area (Å²) in [7, 11) is -3.99. The minimum atomic E-state index is -3.99. The monoisotopic (exact) mass is 529 g/mol. The molecule has 35 heavy (non-hydrogen) atoms. The Kier molecular flexibility index (Phi) is 7.62. The Balaban J connectivity index is 1.89. The van der Waals surface area contributed by atoms with E-state index in [0.29, 0.717) is 17.0 Å². The van der Waals surface area contributed by atoms with Crippen molar-refractivity contribution in [3.63, 3.8) is 0 Å². The van der Waals surface area contributed by atoms with Gasteiger partial charge in [-0.1, -0.05) is 66.0 Å². The van der Waals surface area contributed by atoms with Crippen LogP contribution in [0.5, 0.6) is 0 Å². The first-order valence-corrected chi connectivity index (χ1v) is 14.1. The Bertz CT molecular complexity index is 1290. The zero-order valence-electron chi connectivity index (χ0n) is 19.8. The van der Waals surface area contributed by atoms with Crippen molar-refractivity contribution in [1.29, 1.82) is 0 Å². The number of thioether (sulfide) groups is 1. The third kappa shape index (κ3) is 5.14. The number of sulfonamides is 1. The largest absolute Gasteiger partial charge is 0.481 e. The van der Waals surface area contributed by atoms with Crippen molar-refractivity contribution in [2.24, 2.45) is 5.92 Å². The predicted molar refractivity (Wildman–Crippen MR) is 140 cm³/mol. The normalized spacial score (nSPS) is 22.9. The summed E-state index contributed by atoms with van der Waals surface area (Å²) in [5.41, 5.74) is 2.65. The molecule has 1 aliphatic rings. The predicted octanol–water partition coefficient (Wildman–Crippen LogP) is 6.34. The van der Waals surface area contributed by atoms with E-state index in [2.05, 4.69) is 0 Å². The number of carboxylic acid groups (broad SMARTS) is 1. The summed E-state index contributed by atoms with van der Waals surface area (Å²) in [6.45, 7) is 5.76. The van der Waals surface area contributed by atoms with E-state index < -0.39 is 39.2 Å². The van der Waals surface area contributed by atoms with Gasteiger partial charge >= 0.3 is 5.97 Å². The van der Waals surface area contributed by atoms with Gasteiger partial charge in [-0.25, -0.2) is 8.42 Å². The van der Waals surface area contributed by atoms with Crippen LogP contribution in [0.4, 0.5) is 0 Å². The maximum Gasteiger partial charge on any atom is 0.309 e. The molecule has 0 aliphatic carbocycles. The minimum absolute atomic E-state index is 0.167. The van der Waals surface area contributed by atoms with Crippen molar-refractivity contribution in [2.75, 3.05) is 0 Å². The lowest BCUT2D eigenvalue weighted by molar-refractivity contribution is -0.142. The van der Waals surface area contributed by atoms with E-state index in [1.807, 2.05) is 57.2 Å². The van der Waals surface area contributed by atoms with E-state index in [4.69, 9.17) is 11.6 Å². The van der Waals surface area contributed by atoms with E-state index in [-0.39, 0.29) is 4.90 Å². The topological polar surface area (TPSA) is 74.7 Å². The number of nitrogens with zero attached hydrogens (tertiary/aromatic N) is 1. The minimum Gasteiger partial charge on any atom is -0.481 e. The van der Waals surface area contributed by atoms with Crippen molar-refractivity contribution in [3.8, 4) is 0 Å². The highest BCUT2D eigenvalue weighted by Crippen LogP contribution is 2.51. The lowest BCUT2D eigenvalue weighted by Crippen LogP contribution is -2.39. The van der Waals surface area contributed by atoms with Gasteiger partial charge in [-0.2, -0.15) is 4.31 Å². The Morgan fingerprint density at radius 2 is 1.49 bits per heavy atom. The van der Waals surface area contributed by atoms with E-state index in [9.17, 15) is 18.3 Å². The molecule has 1 fully saturated rings. The van der Waals surface area contributed by atoms with Gasteiger partial charge in [0.05, 0.1) is 16.9 Å². The van der Waals surface area contributed by atoms with Crippen molar-refractivity contribution in [2.45, 2.75) is 54.3 Å². The molecule has 3 aromatic rings. The van der Waals surface area contributed by atoms with Crippen molar-refractivity contribution >= 4 is 39.4 Å². The van der Waals surface area contributed by atoms with Gasteiger partial charge in [0.25, 0.3) is 0 Å². The molecular formula is C27H28ClNO4S2. The summed E-state index contributed by atoms with van der Waals surface area (Å²) < 4.78 is 29.6. The Labute approximate surface area is 216 Å². The molecule has 0 radical (unpaired) electrons. The number of halogens is 1. The SMILES string of the molecule is CC[C@@H]1[C@@H](Sc2ccc(Cl)cc2)[C@@H](C(=O)O)[C@H](c2ccc(C)cc2)N1S(=O)(=O)c1ccc(C)cc1. The zero-order chi connectivity index (χ0) is 25.3. The first kappa shape index (κ1) is 25.8. The molecule has 4 rings (SSSR count). The summed E-state index contributed by atoms with van der Waals surface area (Å²) in [6, 6.07) is 20.0. The van der Waals surface area contributed by atoms with E-state index in [1.54, 1.807) is 36.4 Å². The van der Waals surface area contributed by atoms with Crippen LogP contribution < -0.4 is 0 Å². The maximum atomic E-state index is 14.1. The van der Waals surface area contributed by atoms with Crippen molar-refractivity contribution < 1.29 is 18.3 Å². The number of carboxylic acids is 1. The molecule has 4 atom stereocenters. The van der Waals surface area contributed by atoms with Gasteiger partial charge in [-0.05, 0) is 62.2 Å². The molecule has 1 N–H and O–H groups in total. The molecule has 0 spiro atoms. The first-order chi connectivity index (χ1) is 16.6. The first-order valence-electron chi connectivity index (χ1n) is 11.4. The van der Waals surface area contributed by atoms with Crippen LogP contribution >= 0.6 is 23.4 Å². The zero-order valence-corrected chi connectivity index (χ0v) is 22.1. The van der Waals surface area contributed by atoms with Gasteiger partial charge in [0, 0.05) is 21.2 Å². The molecule has 5 nitrogen and oxygen atoms in total. The Hall–Kier alpha value is -2.32. The van der Waals surface area contributed by atoms with Gasteiger partial charge in [-0.3, -0.25) is 4.79 Å². The summed E-state index contributed by atoms with van der Waals surface area (Å²) in [6.07, 6.45) is 0.475. The van der Waals surface area contributed by atoms with Crippen LogP contribution in [0.3, 0.4) is 0 Å². The van der Waals surface area contributed by atoms with Crippen molar-refractivity contribution in [3.05, 3.63) is 94.5 Å². The molecule has 0 bridgehead atoms. The molecule has 0 amide bonds. The lowest BCUT2D eigenvalue weighted by Gasteiger charge is -2.30. The summed E-state index contributed by atoms with van der Waals surface area (Å²) >= 11 is 7.45. The molecular weight excluding hydrogens is 502 g/mol. The molecule has 0 saturated carbocycles.